The predicted octanol–water partition coefficient (Wildman–Crippen LogP) is 4.93. The van der Waals surface area contributed by atoms with Crippen molar-refractivity contribution in [2.24, 2.45) is 0 Å². The van der Waals surface area contributed by atoms with Gasteiger partial charge in [0.2, 0.25) is 0 Å². The Morgan fingerprint density at radius 1 is 1.12 bits per heavy atom. The van der Waals surface area contributed by atoms with E-state index in [4.69, 9.17) is 4.43 Å². The van der Waals surface area contributed by atoms with E-state index >= 15 is 0 Å². The zero-order valence-electron chi connectivity index (χ0n) is 11.8. The molecular formula is C14H24OSSi. The predicted molar refractivity (Wildman–Crippen MR) is 80.2 cm³/mol. The monoisotopic (exact) mass is 268 g/mol. The van der Waals surface area contributed by atoms with E-state index in [1.165, 1.54) is 10.5 Å². The fourth-order valence-electron chi connectivity index (χ4n) is 1.20. The van der Waals surface area contributed by atoms with Crippen LogP contribution in [0.25, 0.3) is 0 Å². The van der Waals surface area contributed by atoms with E-state index in [1.54, 1.807) is 11.8 Å². The Morgan fingerprint density at radius 2 is 1.65 bits per heavy atom. The van der Waals surface area contributed by atoms with Crippen molar-refractivity contribution in [3.63, 3.8) is 0 Å². The SMILES string of the molecule is CSc1ccc(CO[Si](C)(C)C(C)(C)C)cc1. The summed E-state index contributed by atoms with van der Waals surface area (Å²) < 4.78 is 6.19. The molecule has 0 aliphatic heterocycles. The zero-order valence-corrected chi connectivity index (χ0v) is 13.6. The minimum Gasteiger partial charge on any atom is -0.413 e. The van der Waals surface area contributed by atoms with E-state index in [0.717, 1.165) is 6.61 Å². The van der Waals surface area contributed by atoms with Gasteiger partial charge in [-0.2, -0.15) is 0 Å². The lowest BCUT2D eigenvalue weighted by Gasteiger charge is -2.36. The topological polar surface area (TPSA) is 9.23 Å². The quantitative estimate of drug-likeness (QED) is 0.565. The lowest BCUT2D eigenvalue weighted by atomic mass is 10.2. The maximum Gasteiger partial charge on any atom is 0.192 e. The summed E-state index contributed by atoms with van der Waals surface area (Å²) in [7, 11) is -1.61. The highest BCUT2D eigenvalue weighted by Crippen LogP contribution is 2.37. The second-order valence-electron chi connectivity index (χ2n) is 5.90. The van der Waals surface area contributed by atoms with Crippen molar-refractivity contribution in [2.75, 3.05) is 6.26 Å². The maximum atomic E-state index is 6.19. The number of hydrogen-bond acceptors (Lipinski definition) is 2. The van der Waals surface area contributed by atoms with Crippen LogP contribution < -0.4 is 0 Å². The first kappa shape index (κ1) is 14.8. The van der Waals surface area contributed by atoms with E-state index in [-0.39, 0.29) is 5.04 Å². The fraction of sp³-hybridized carbons (Fsp3) is 0.571. The molecule has 0 aliphatic rings. The first-order chi connectivity index (χ1) is 7.76. The molecule has 0 fully saturated rings. The molecular weight excluding hydrogens is 244 g/mol. The maximum absolute atomic E-state index is 6.19. The van der Waals surface area contributed by atoms with Crippen LogP contribution in [-0.2, 0) is 11.0 Å². The number of thioether (sulfide) groups is 1. The summed E-state index contributed by atoms with van der Waals surface area (Å²) in [6.45, 7) is 12.2. The second kappa shape index (κ2) is 5.59. The summed E-state index contributed by atoms with van der Waals surface area (Å²) in [4.78, 5) is 1.31. The summed E-state index contributed by atoms with van der Waals surface area (Å²) in [5.74, 6) is 0. The Morgan fingerprint density at radius 3 is 2.06 bits per heavy atom. The molecule has 0 saturated carbocycles. The number of hydrogen-bond donors (Lipinski definition) is 0. The molecule has 1 nitrogen and oxygen atoms in total. The highest BCUT2D eigenvalue weighted by Gasteiger charge is 2.36. The van der Waals surface area contributed by atoms with Gasteiger partial charge < -0.3 is 4.43 Å². The van der Waals surface area contributed by atoms with Crippen LogP contribution in [0.15, 0.2) is 29.2 Å². The minimum absolute atomic E-state index is 0.284. The molecule has 1 rings (SSSR count). The standard InChI is InChI=1S/C14H24OSSi/c1-14(2,3)17(5,6)15-11-12-7-9-13(16-4)10-8-12/h7-10H,11H2,1-6H3. The average Bonchev–Trinajstić information content (AvgIpc) is 2.25. The molecule has 0 heterocycles. The van der Waals surface area contributed by atoms with Gasteiger partial charge in [0.25, 0.3) is 0 Å². The van der Waals surface area contributed by atoms with E-state index in [0.29, 0.717) is 0 Å². The lowest BCUT2D eigenvalue weighted by molar-refractivity contribution is 0.276. The average molecular weight is 268 g/mol. The van der Waals surface area contributed by atoms with Gasteiger partial charge in [0.1, 0.15) is 0 Å². The van der Waals surface area contributed by atoms with Crippen LogP contribution in [0.2, 0.25) is 18.1 Å². The normalized spacial score (nSPS) is 12.8. The third kappa shape index (κ3) is 4.16. The fourth-order valence-corrected chi connectivity index (χ4v) is 2.57. The molecule has 0 bridgehead atoms. The van der Waals surface area contributed by atoms with Gasteiger partial charge in [0, 0.05) is 4.90 Å². The Bertz CT molecular complexity index is 351. The Kier molecular flexibility index (Phi) is 4.87. The van der Waals surface area contributed by atoms with Crippen molar-refractivity contribution in [3.8, 4) is 0 Å². The van der Waals surface area contributed by atoms with Crippen LogP contribution in [0.5, 0.6) is 0 Å². The number of benzene rings is 1. The molecule has 96 valence electrons. The molecule has 0 amide bonds. The minimum atomic E-state index is -1.61. The molecule has 0 N–H and O–H groups in total. The molecule has 0 unspecified atom stereocenters. The van der Waals surface area contributed by atoms with Crippen LogP contribution in [0.4, 0.5) is 0 Å². The van der Waals surface area contributed by atoms with E-state index in [1.807, 2.05) is 0 Å². The van der Waals surface area contributed by atoms with Gasteiger partial charge in [-0.05, 0) is 42.1 Å². The Hall–Kier alpha value is -0.253. The van der Waals surface area contributed by atoms with Crippen LogP contribution in [0.1, 0.15) is 26.3 Å². The first-order valence-electron chi connectivity index (χ1n) is 6.03. The van der Waals surface area contributed by atoms with E-state index in [9.17, 15) is 0 Å². The third-order valence-corrected chi connectivity index (χ3v) is 8.79. The molecule has 0 aromatic heterocycles. The van der Waals surface area contributed by atoms with E-state index < -0.39 is 8.32 Å². The van der Waals surface area contributed by atoms with Crippen molar-refractivity contribution >= 4 is 20.1 Å². The summed E-state index contributed by atoms with van der Waals surface area (Å²) in [6.07, 6.45) is 2.10. The highest BCUT2D eigenvalue weighted by molar-refractivity contribution is 7.98. The van der Waals surface area contributed by atoms with Gasteiger partial charge in [-0.25, -0.2) is 0 Å². The van der Waals surface area contributed by atoms with Crippen molar-refractivity contribution in [1.82, 2.24) is 0 Å². The van der Waals surface area contributed by atoms with Crippen molar-refractivity contribution in [2.45, 2.75) is 50.4 Å². The van der Waals surface area contributed by atoms with Crippen LogP contribution in [0, 0.1) is 0 Å². The van der Waals surface area contributed by atoms with E-state index in [2.05, 4.69) is 64.4 Å². The molecule has 0 spiro atoms. The summed E-state index contributed by atoms with van der Waals surface area (Å²) in [6, 6.07) is 8.65. The first-order valence-corrected chi connectivity index (χ1v) is 10.2. The van der Waals surface area contributed by atoms with Crippen LogP contribution in [0.3, 0.4) is 0 Å². The molecule has 1 aromatic carbocycles. The molecule has 1 aromatic rings. The molecule has 0 atom stereocenters. The van der Waals surface area contributed by atoms with Crippen molar-refractivity contribution in [1.29, 1.82) is 0 Å². The summed E-state index contributed by atoms with van der Waals surface area (Å²) in [5.41, 5.74) is 1.27. The molecule has 0 saturated heterocycles. The number of rotatable bonds is 4. The van der Waals surface area contributed by atoms with Gasteiger partial charge in [0.15, 0.2) is 8.32 Å². The molecule has 3 heteroatoms. The van der Waals surface area contributed by atoms with Crippen LogP contribution >= 0.6 is 11.8 Å². The highest BCUT2D eigenvalue weighted by atomic mass is 32.2. The third-order valence-electron chi connectivity index (χ3n) is 3.56. The molecule has 0 aliphatic carbocycles. The zero-order chi connectivity index (χ0) is 13.1. The van der Waals surface area contributed by atoms with Gasteiger partial charge in [-0.3, -0.25) is 0 Å². The van der Waals surface area contributed by atoms with Crippen LogP contribution in [-0.4, -0.2) is 14.6 Å². The largest absolute Gasteiger partial charge is 0.413 e. The summed E-state index contributed by atoms with van der Waals surface area (Å²) in [5, 5.41) is 0.284. The second-order valence-corrected chi connectivity index (χ2v) is 11.6. The van der Waals surface area contributed by atoms with Gasteiger partial charge in [0.05, 0.1) is 6.61 Å². The van der Waals surface area contributed by atoms with Gasteiger partial charge in [-0.1, -0.05) is 32.9 Å². The molecule has 0 radical (unpaired) electrons. The van der Waals surface area contributed by atoms with Gasteiger partial charge >= 0.3 is 0 Å². The van der Waals surface area contributed by atoms with Crippen molar-refractivity contribution < 1.29 is 4.43 Å². The van der Waals surface area contributed by atoms with Crippen molar-refractivity contribution in [3.05, 3.63) is 29.8 Å². The Labute approximate surface area is 111 Å². The molecule has 17 heavy (non-hydrogen) atoms. The van der Waals surface area contributed by atoms with Gasteiger partial charge in [-0.15, -0.1) is 11.8 Å². The smallest absolute Gasteiger partial charge is 0.192 e. The summed E-state index contributed by atoms with van der Waals surface area (Å²) >= 11 is 1.77. The Balaban J connectivity index is 2.61. The lowest BCUT2D eigenvalue weighted by Crippen LogP contribution is -2.40.